The lowest BCUT2D eigenvalue weighted by atomic mass is 10.0. The van der Waals surface area contributed by atoms with Crippen molar-refractivity contribution in [1.29, 1.82) is 0 Å². The lowest BCUT2D eigenvalue weighted by molar-refractivity contribution is 0.220. The van der Waals surface area contributed by atoms with Gasteiger partial charge in [-0.2, -0.15) is 0 Å². The highest BCUT2D eigenvalue weighted by Crippen LogP contribution is 2.28. The number of aromatic nitrogens is 1. The molecule has 1 heterocycles. The van der Waals surface area contributed by atoms with Gasteiger partial charge in [0.25, 0.3) is 0 Å². The summed E-state index contributed by atoms with van der Waals surface area (Å²) in [5.41, 5.74) is 2.68. The van der Waals surface area contributed by atoms with E-state index in [2.05, 4.69) is 4.98 Å². The fraction of sp³-hybridized carbons (Fsp3) is 0.214. The highest BCUT2D eigenvalue weighted by molar-refractivity contribution is 5.53. The molecule has 1 aromatic carbocycles. The van der Waals surface area contributed by atoms with Crippen molar-refractivity contribution in [3.8, 4) is 0 Å². The monoisotopic (exact) mass is 228 g/mol. The summed E-state index contributed by atoms with van der Waals surface area (Å²) >= 11 is 0. The molecule has 0 unspecified atom stereocenters. The smallest absolute Gasteiger partial charge is 0.108 e. The van der Waals surface area contributed by atoms with E-state index in [9.17, 15) is 5.11 Å². The molecule has 3 nitrogen and oxygen atoms in total. The van der Waals surface area contributed by atoms with Gasteiger partial charge in [0.1, 0.15) is 6.10 Å². The lowest BCUT2D eigenvalue weighted by Gasteiger charge is -2.20. The summed E-state index contributed by atoms with van der Waals surface area (Å²) in [6.45, 7) is 0. The first-order chi connectivity index (χ1) is 8.20. The van der Waals surface area contributed by atoms with Gasteiger partial charge in [0.05, 0.1) is 0 Å². The van der Waals surface area contributed by atoms with Crippen LogP contribution in [0, 0.1) is 0 Å². The summed E-state index contributed by atoms with van der Waals surface area (Å²) in [5, 5.41) is 10.4. The molecule has 0 aliphatic heterocycles. The molecule has 0 fully saturated rings. The largest absolute Gasteiger partial charge is 0.384 e. The molecular formula is C14H16N2O. The number of aliphatic hydroxyl groups is 1. The molecule has 88 valence electrons. The number of anilines is 1. The predicted octanol–water partition coefficient (Wildman–Crippen LogP) is 2.23. The Morgan fingerprint density at radius 3 is 2.47 bits per heavy atom. The lowest BCUT2D eigenvalue weighted by Crippen LogP contribution is -2.13. The van der Waals surface area contributed by atoms with Crippen molar-refractivity contribution in [3.63, 3.8) is 0 Å². The third-order valence-electron chi connectivity index (χ3n) is 2.72. The minimum Gasteiger partial charge on any atom is -0.384 e. The molecular weight excluding hydrogens is 212 g/mol. The minimum atomic E-state index is -0.637. The first kappa shape index (κ1) is 11.6. The van der Waals surface area contributed by atoms with Crippen molar-refractivity contribution in [2.24, 2.45) is 0 Å². The molecule has 0 spiro atoms. The molecule has 2 aromatic rings. The number of aliphatic hydroxyl groups excluding tert-OH is 1. The Hall–Kier alpha value is -1.87. The zero-order chi connectivity index (χ0) is 12.3. The van der Waals surface area contributed by atoms with Gasteiger partial charge in [0.2, 0.25) is 0 Å². The Kier molecular flexibility index (Phi) is 3.40. The molecule has 0 saturated heterocycles. The molecule has 0 saturated carbocycles. The maximum atomic E-state index is 10.4. The number of pyridine rings is 1. The van der Waals surface area contributed by atoms with Gasteiger partial charge >= 0.3 is 0 Å². The third-order valence-corrected chi connectivity index (χ3v) is 2.72. The zero-order valence-electron chi connectivity index (χ0n) is 10.0. The van der Waals surface area contributed by atoms with Crippen molar-refractivity contribution in [2.75, 3.05) is 19.0 Å². The maximum Gasteiger partial charge on any atom is 0.108 e. The Labute approximate surface area is 101 Å². The summed E-state index contributed by atoms with van der Waals surface area (Å²) in [5.74, 6) is 0. The van der Waals surface area contributed by atoms with Gasteiger partial charge in [-0.05, 0) is 11.6 Å². The predicted molar refractivity (Wildman–Crippen MR) is 69.1 cm³/mol. The first-order valence-electron chi connectivity index (χ1n) is 5.54. The van der Waals surface area contributed by atoms with Crippen LogP contribution in [0.15, 0.2) is 48.8 Å². The molecule has 3 heteroatoms. The van der Waals surface area contributed by atoms with E-state index < -0.39 is 6.10 Å². The molecule has 17 heavy (non-hydrogen) atoms. The standard InChI is InChI=1S/C14H16N2O/c1-16(2)13-8-9-15-10-12(13)14(17)11-6-4-3-5-7-11/h3-10,14,17H,1-2H3/t14-/m0/s1. The van der Waals surface area contributed by atoms with Crippen LogP contribution < -0.4 is 4.90 Å². The number of hydrogen-bond donors (Lipinski definition) is 1. The fourth-order valence-electron chi connectivity index (χ4n) is 1.83. The van der Waals surface area contributed by atoms with Crippen molar-refractivity contribution in [2.45, 2.75) is 6.10 Å². The van der Waals surface area contributed by atoms with Crippen LogP contribution in [0.5, 0.6) is 0 Å². The van der Waals surface area contributed by atoms with Crippen LogP contribution in [-0.2, 0) is 0 Å². The number of benzene rings is 1. The van der Waals surface area contributed by atoms with E-state index in [0.29, 0.717) is 0 Å². The highest BCUT2D eigenvalue weighted by Gasteiger charge is 2.15. The van der Waals surface area contributed by atoms with Crippen LogP contribution in [0.2, 0.25) is 0 Å². The third kappa shape index (κ3) is 2.45. The van der Waals surface area contributed by atoms with Gasteiger partial charge in [-0.1, -0.05) is 30.3 Å². The van der Waals surface area contributed by atoms with E-state index in [4.69, 9.17) is 0 Å². The van der Waals surface area contributed by atoms with Crippen LogP contribution in [0.1, 0.15) is 17.2 Å². The first-order valence-corrected chi connectivity index (χ1v) is 5.54. The summed E-state index contributed by atoms with van der Waals surface area (Å²) in [4.78, 5) is 6.06. The van der Waals surface area contributed by atoms with Crippen molar-refractivity contribution < 1.29 is 5.11 Å². The zero-order valence-corrected chi connectivity index (χ0v) is 10.0. The average Bonchev–Trinajstić information content (AvgIpc) is 2.39. The van der Waals surface area contributed by atoms with Gasteiger partial charge in [0.15, 0.2) is 0 Å². The van der Waals surface area contributed by atoms with E-state index in [1.165, 1.54) is 0 Å². The van der Waals surface area contributed by atoms with Gasteiger partial charge in [0, 0.05) is 37.7 Å². The molecule has 1 atom stereocenters. The molecule has 0 radical (unpaired) electrons. The second kappa shape index (κ2) is 4.97. The highest BCUT2D eigenvalue weighted by atomic mass is 16.3. The van der Waals surface area contributed by atoms with E-state index in [1.807, 2.05) is 55.4 Å². The summed E-state index contributed by atoms with van der Waals surface area (Å²) in [6, 6.07) is 11.5. The van der Waals surface area contributed by atoms with Crippen LogP contribution in [0.25, 0.3) is 0 Å². The maximum absolute atomic E-state index is 10.4. The number of hydrogen-bond acceptors (Lipinski definition) is 3. The van der Waals surface area contributed by atoms with Crippen molar-refractivity contribution >= 4 is 5.69 Å². The van der Waals surface area contributed by atoms with Crippen LogP contribution >= 0.6 is 0 Å². The number of nitrogens with zero attached hydrogens (tertiary/aromatic N) is 2. The van der Waals surface area contributed by atoms with Gasteiger partial charge < -0.3 is 10.0 Å². The molecule has 0 amide bonds. The normalized spacial score (nSPS) is 12.2. The molecule has 1 aromatic heterocycles. The Morgan fingerprint density at radius 1 is 1.12 bits per heavy atom. The van der Waals surface area contributed by atoms with Gasteiger partial charge in [-0.25, -0.2) is 0 Å². The van der Waals surface area contributed by atoms with Crippen LogP contribution in [-0.4, -0.2) is 24.2 Å². The van der Waals surface area contributed by atoms with E-state index in [0.717, 1.165) is 16.8 Å². The van der Waals surface area contributed by atoms with Crippen LogP contribution in [0.3, 0.4) is 0 Å². The fourth-order valence-corrected chi connectivity index (χ4v) is 1.83. The quantitative estimate of drug-likeness (QED) is 0.875. The van der Waals surface area contributed by atoms with E-state index in [1.54, 1.807) is 12.4 Å². The molecule has 1 N–H and O–H groups in total. The van der Waals surface area contributed by atoms with Crippen molar-refractivity contribution in [3.05, 3.63) is 59.9 Å². The van der Waals surface area contributed by atoms with E-state index in [-0.39, 0.29) is 0 Å². The Bertz CT molecular complexity index is 483. The molecule has 0 aliphatic carbocycles. The average molecular weight is 228 g/mol. The van der Waals surface area contributed by atoms with Crippen molar-refractivity contribution in [1.82, 2.24) is 4.98 Å². The van der Waals surface area contributed by atoms with Gasteiger partial charge in [-0.15, -0.1) is 0 Å². The second-order valence-corrected chi connectivity index (χ2v) is 4.14. The molecule has 0 aliphatic rings. The summed E-state index contributed by atoms with van der Waals surface area (Å²) < 4.78 is 0. The number of rotatable bonds is 3. The summed E-state index contributed by atoms with van der Waals surface area (Å²) in [6.07, 6.45) is 2.81. The van der Waals surface area contributed by atoms with E-state index >= 15 is 0 Å². The topological polar surface area (TPSA) is 36.4 Å². The summed E-state index contributed by atoms with van der Waals surface area (Å²) in [7, 11) is 3.91. The molecule has 2 rings (SSSR count). The van der Waals surface area contributed by atoms with Crippen LogP contribution in [0.4, 0.5) is 5.69 Å². The second-order valence-electron chi connectivity index (χ2n) is 4.14. The minimum absolute atomic E-state index is 0.637. The SMILES string of the molecule is CN(C)c1ccncc1[C@@H](O)c1ccccc1. The Balaban J connectivity index is 2.41. The Morgan fingerprint density at radius 2 is 1.82 bits per heavy atom. The molecule has 0 bridgehead atoms. The van der Waals surface area contributed by atoms with Gasteiger partial charge in [-0.3, -0.25) is 4.98 Å².